The number of urea groups is 1. The second kappa shape index (κ2) is 7.96. The van der Waals surface area contributed by atoms with Gasteiger partial charge in [0.25, 0.3) is 0 Å². The lowest BCUT2D eigenvalue weighted by atomic mass is 10.1. The summed E-state index contributed by atoms with van der Waals surface area (Å²) in [5.41, 5.74) is 3.99. The van der Waals surface area contributed by atoms with Gasteiger partial charge in [0.2, 0.25) is 0 Å². The zero-order chi connectivity index (χ0) is 15.9. The number of halogens is 1. The molecule has 0 aliphatic rings. The summed E-state index contributed by atoms with van der Waals surface area (Å²) in [6.45, 7) is 2.99. The molecule has 0 atom stereocenters. The Hall–Kier alpha value is -1.85. The second-order valence-electron chi connectivity index (χ2n) is 4.97. The van der Waals surface area contributed by atoms with E-state index in [4.69, 9.17) is 4.74 Å². The van der Waals surface area contributed by atoms with E-state index in [9.17, 15) is 4.79 Å². The fourth-order valence-electron chi connectivity index (χ4n) is 2.05. The number of ether oxygens (including phenoxy) is 1. The summed E-state index contributed by atoms with van der Waals surface area (Å²) in [7, 11) is 1.66. The fourth-order valence-corrected chi connectivity index (χ4v) is 2.43. The Morgan fingerprint density at radius 1 is 1.18 bits per heavy atom. The first-order chi connectivity index (χ1) is 10.6. The lowest BCUT2D eigenvalue weighted by Gasteiger charge is -2.11. The van der Waals surface area contributed by atoms with Gasteiger partial charge in [-0.1, -0.05) is 46.3 Å². The summed E-state index contributed by atoms with van der Waals surface area (Å²) >= 11 is 3.45. The molecule has 2 rings (SSSR count). The zero-order valence-electron chi connectivity index (χ0n) is 12.7. The molecule has 0 spiro atoms. The van der Waals surface area contributed by atoms with Crippen molar-refractivity contribution in [2.75, 3.05) is 12.4 Å². The summed E-state index contributed by atoms with van der Waals surface area (Å²) in [6.07, 6.45) is 0. The number of aryl methyl sites for hydroxylation is 1. The van der Waals surface area contributed by atoms with E-state index in [-0.39, 0.29) is 6.03 Å². The van der Waals surface area contributed by atoms with Gasteiger partial charge in [0.15, 0.2) is 0 Å². The monoisotopic (exact) mass is 362 g/mol. The average molecular weight is 363 g/mol. The van der Waals surface area contributed by atoms with Gasteiger partial charge in [-0.2, -0.15) is 0 Å². The Balaban J connectivity index is 1.94. The third-order valence-electron chi connectivity index (χ3n) is 3.29. The van der Waals surface area contributed by atoms with E-state index in [1.54, 1.807) is 7.11 Å². The number of carbonyl (C=O) groups excluding carboxylic acids is 1. The maximum atomic E-state index is 12.0. The Morgan fingerprint density at radius 2 is 1.91 bits per heavy atom. The van der Waals surface area contributed by atoms with Crippen LogP contribution in [0.4, 0.5) is 10.5 Å². The molecule has 2 aromatic carbocycles. The zero-order valence-corrected chi connectivity index (χ0v) is 14.2. The SMILES string of the molecule is COCc1ccccc1CNC(=O)Nc1ccc(C)c(Br)c1. The second-order valence-corrected chi connectivity index (χ2v) is 5.83. The van der Waals surface area contributed by atoms with Crippen LogP contribution in [0.2, 0.25) is 0 Å². The van der Waals surface area contributed by atoms with Gasteiger partial charge in [0.05, 0.1) is 6.61 Å². The van der Waals surface area contributed by atoms with Crippen molar-refractivity contribution in [1.82, 2.24) is 5.32 Å². The lowest BCUT2D eigenvalue weighted by Crippen LogP contribution is -2.28. The van der Waals surface area contributed by atoms with Crippen LogP contribution in [0.3, 0.4) is 0 Å². The maximum Gasteiger partial charge on any atom is 0.319 e. The van der Waals surface area contributed by atoms with E-state index in [0.29, 0.717) is 13.2 Å². The Bertz CT molecular complexity index is 659. The van der Waals surface area contributed by atoms with Crippen molar-refractivity contribution in [3.63, 3.8) is 0 Å². The minimum atomic E-state index is -0.233. The van der Waals surface area contributed by atoms with Gasteiger partial charge in [-0.25, -0.2) is 4.79 Å². The number of nitrogens with one attached hydrogen (secondary N) is 2. The highest BCUT2D eigenvalue weighted by Crippen LogP contribution is 2.20. The van der Waals surface area contributed by atoms with Crippen molar-refractivity contribution in [2.45, 2.75) is 20.1 Å². The number of anilines is 1. The summed E-state index contributed by atoms with van der Waals surface area (Å²) in [5, 5.41) is 5.68. The predicted molar refractivity (Wildman–Crippen MR) is 91.9 cm³/mol. The molecule has 0 aliphatic carbocycles. The van der Waals surface area contributed by atoms with Crippen molar-refractivity contribution < 1.29 is 9.53 Å². The van der Waals surface area contributed by atoms with Crippen LogP contribution in [0.25, 0.3) is 0 Å². The molecule has 0 unspecified atom stereocenters. The van der Waals surface area contributed by atoms with E-state index < -0.39 is 0 Å². The Kier molecular flexibility index (Phi) is 5.98. The summed E-state index contributed by atoms with van der Waals surface area (Å²) in [5.74, 6) is 0. The molecule has 0 saturated carbocycles. The predicted octanol–water partition coefficient (Wildman–Crippen LogP) is 4.23. The first-order valence-corrected chi connectivity index (χ1v) is 7.76. The smallest absolute Gasteiger partial charge is 0.319 e. The molecule has 0 radical (unpaired) electrons. The van der Waals surface area contributed by atoms with Crippen molar-refractivity contribution in [2.24, 2.45) is 0 Å². The molecule has 2 amide bonds. The van der Waals surface area contributed by atoms with Gasteiger partial charge in [0, 0.05) is 23.8 Å². The highest BCUT2D eigenvalue weighted by atomic mass is 79.9. The highest BCUT2D eigenvalue weighted by Gasteiger charge is 2.06. The number of rotatable bonds is 5. The van der Waals surface area contributed by atoms with E-state index in [1.807, 2.05) is 49.4 Å². The molecule has 4 nitrogen and oxygen atoms in total. The molecule has 22 heavy (non-hydrogen) atoms. The van der Waals surface area contributed by atoms with Crippen LogP contribution in [0, 0.1) is 6.92 Å². The van der Waals surface area contributed by atoms with E-state index in [0.717, 1.165) is 26.9 Å². The quantitative estimate of drug-likeness (QED) is 0.836. The molecule has 0 fully saturated rings. The standard InChI is InChI=1S/C17H19BrN2O2/c1-12-7-8-15(9-16(12)18)20-17(21)19-10-13-5-3-4-6-14(13)11-22-2/h3-9H,10-11H2,1-2H3,(H2,19,20,21). The van der Waals surface area contributed by atoms with Gasteiger partial charge < -0.3 is 15.4 Å². The Labute approximate surface area is 139 Å². The number of methoxy groups -OCH3 is 1. The third-order valence-corrected chi connectivity index (χ3v) is 4.14. The Morgan fingerprint density at radius 3 is 2.59 bits per heavy atom. The highest BCUT2D eigenvalue weighted by molar-refractivity contribution is 9.10. The van der Waals surface area contributed by atoms with E-state index in [1.165, 1.54) is 0 Å². The van der Waals surface area contributed by atoms with Crippen molar-refractivity contribution in [3.8, 4) is 0 Å². The van der Waals surface area contributed by atoms with Crippen LogP contribution in [-0.2, 0) is 17.9 Å². The molecule has 2 aromatic rings. The van der Waals surface area contributed by atoms with Gasteiger partial charge >= 0.3 is 6.03 Å². The molecular formula is C17H19BrN2O2. The number of carbonyl (C=O) groups is 1. The molecule has 0 aliphatic heterocycles. The van der Waals surface area contributed by atoms with Crippen molar-refractivity contribution in [3.05, 3.63) is 63.6 Å². The van der Waals surface area contributed by atoms with E-state index >= 15 is 0 Å². The van der Waals surface area contributed by atoms with Gasteiger partial charge in [-0.15, -0.1) is 0 Å². The summed E-state index contributed by atoms with van der Waals surface area (Å²) in [6, 6.07) is 13.4. The number of hydrogen-bond acceptors (Lipinski definition) is 2. The van der Waals surface area contributed by atoms with Crippen LogP contribution in [0.15, 0.2) is 46.9 Å². The molecule has 5 heteroatoms. The summed E-state index contributed by atoms with van der Waals surface area (Å²) < 4.78 is 6.13. The van der Waals surface area contributed by atoms with Crippen molar-refractivity contribution >= 4 is 27.6 Å². The lowest BCUT2D eigenvalue weighted by molar-refractivity contribution is 0.184. The molecular weight excluding hydrogens is 344 g/mol. The van der Waals surface area contributed by atoms with Crippen molar-refractivity contribution in [1.29, 1.82) is 0 Å². The molecule has 0 aromatic heterocycles. The third kappa shape index (κ3) is 4.58. The van der Waals surface area contributed by atoms with Gasteiger partial charge in [-0.3, -0.25) is 0 Å². The molecule has 116 valence electrons. The molecule has 2 N–H and O–H groups in total. The topological polar surface area (TPSA) is 50.4 Å². The largest absolute Gasteiger partial charge is 0.380 e. The van der Waals surface area contributed by atoms with Gasteiger partial charge in [-0.05, 0) is 35.7 Å². The normalized spacial score (nSPS) is 10.3. The first-order valence-electron chi connectivity index (χ1n) is 6.97. The number of benzene rings is 2. The first kappa shape index (κ1) is 16.5. The van der Waals surface area contributed by atoms with Gasteiger partial charge in [0.1, 0.15) is 0 Å². The molecule has 0 saturated heterocycles. The van der Waals surface area contributed by atoms with E-state index in [2.05, 4.69) is 26.6 Å². The van der Waals surface area contributed by atoms with Crippen LogP contribution in [0.5, 0.6) is 0 Å². The fraction of sp³-hybridized carbons (Fsp3) is 0.235. The van der Waals surface area contributed by atoms with Crippen LogP contribution >= 0.6 is 15.9 Å². The van der Waals surface area contributed by atoms with Crippen LogP contribution < -0.4 is 10.6 Å². The molecule has 0 bridgehead atoms. The molecule has 0 heterocycles. The minimum Gasteiger partial charge on any atom is -0.380 e. The van der Waals surface area contributed by atoms with Crippen LogP contribution in [0.1, 0.15) is 16.7 Å². The number of hydrogen-bond donors (Lipinski definition) is 2. The minimum absolute atomic E-state index is 0.233. The average Bonchev–Trinajstić information content (AvgIpc) is 2.50. The number of amides is 2. The summed E-state index contributed by atoms with van der Waals surface area (Å²) in [4.78, 5) is 12.0. The maximum absolute atomic E-state index is 12.0. The van der Waals surface area contributed by atoms with Crippen LogP contribution in [-0.4, -0.2) is 13.1 Å².